The van der Waals surface area contributed by atoms with Crippen LogP contribution in [0.5, 0.6) is 0 Å². The number of rotatable bonds is 3. The van der Waals surface area contributed by atoms with Crippen molar-refractivity contribution in [2.24, 2.45) is 0 Å². The number of carbonyl (C=O) groups is 3. The zero-order chi connectivity index (χ0) is 11.8. The molecule has 0 unspecified atom stereocenters. The summed E-state index contributed by atoms with van der Waals surface area (Å²) >= 11 is 0. The highest BCUT2D eigenvalue weighted by Crippen LogP contribution is 1.97. The molecular weight excluding hydrogens is 204 g/mol. The van der Waals surface area contributed by atoms with Crippen molar-refractivity contribution in [1.82, 2.24) is 0 Å². The van der Waals surface area contributed by atoms with E-state index in [-0.39, 0.29) is 12.2 Å². The molecule has 0 radical (unpaired) electrons. The van der Waals surface area contributed by atoms with Gasteiger partial charge in [-0.1, -0.05) is 0 Å². The van der Waals surface area contributed by atoms with Crippen LogP contribution in [0.4, 0.5) is 4.79 Å². The van der Waals surface area contributed by atoms with Crippen molar-refractivity contribution in [3.63, 3.8) is 0 Å². The second-order valence-electron chi connectivity index (χ2n) is 2.42. The van der Waals surface area contributed by atoms with Crippen LogP contribution in [0.25, 0.3) is 0 Å². The Morgan fingerprint density at radius 3 is 2.33 bits per heavy atom. The Morgan fingerprint density at radius 1 is 1.27 bits per heavy atom. The lowest BCUT2D eigenvalue weighted by Gasteiger charge is -2.00. The zero-order valence-electron chi connectivity index (χ0n) is 8.73. The van der Waals surface area contributed by atoms with E-state index in [9.17, 15) is 14.4 Å². The van der Waals surface area contributed by atoms with E-state index in [1.54, 1.807) is 6.92 Å². The summed E-state index contributed by atoms with van der Waals surface area (Å²) in [6, 6.07) is 0. The van der Waals surface area contributed by atoms with Crippen LogP contribution in [0.2, 0.25) is 0 Å². The van der Waals surface area contributed by atoms with Gasteiger partial charge in [-0.3, -0.25) is 0 Å². The van der Waals surface area contributed by atoms with Gasteiger partial charge in [0.1, 0.15) is 0 Å². The minimum absolute atomic E-state index is 0.0341. The molecule has 0 aliphatic carbocycles. The second kappa shape index (κ2) is 6.58. The number of carbonyl (C=O) groups excluding carboxylic acids is 3. The third-order valence-corrected chi connectivity index (χ3v) is 1.29. The van der Waals surface area contributed by atoms with E-state index < -0.39 is 18.1 Å². The molecule has 0 spiro atoms. The molecule has 0 rings (SSSR count). The molecule has 84 valence electrons. The van der Waals surface area contributed by atoms with Crippen LogP contribution in [-0.4, -0.2) is 31.8 Å². The van der Waals surface area contributed by atoms with Crippen LogP contribution in [0.15, 0.2) is 11.6 Å². The van der Waals surface area contributed by atoms with Crippen LogP contribution < -0.4 is 0 Å². The van der Waals surface area contributed by atoms with Crippen LogP contribution >= 0.6 is 0 Å². The van der Waals surface area contributed by atoms with Gasteiger partial charge < -0.3 is 14.2 Å². The molecule has 0 aliphatic heterocycles. The van der Waals surface area contributed by atoms with Gasteiger partial charge in [-0.05, 0) is 13.8 Å². The quantitative estimate of drug-likeness (QED) is 0.394. The lowest BCUT2D eigenvalue weighted by molar-refractivity contribution is -0.138. The summed E-state index contributed by atoms with van der Waals surface area (Å²) < 4.78 is 12.9. The van der Waals surface area contributed by atoms with Crippen molar-refractivity contribution in [3.05, 3.63) is 11.6 Å². The van der Waals surface area contributed by atoms with Crippen molar-refractivity contribution < 1.29 is 28.6 Å². The molecule has 6 heteroatoms. The fraction of sp³-hybridized carbons (Fsp3) is 0.444. The van der Waals surface area contributed by atoms with Gasteiger partial charge in [0.2, 0.25) is 0 Å². The van der Waals surface area contributed by atoms with E-state index in [4.69, 9.17) is 0 Å². The third kappa shape index (κ3) is 5.45. The summed E-state index contributed by atoms with van der Waals surface area (Å²) in [6.07, 6.45) is -0.251. The highest BCUT2D eigenvalue weighted by atomic mass is 16.7. The molecule has 15 heavy (non-hydrogen) atoms. The molecule has 0 N–H and O–H groups in total. The highest BCUT2D eigenvalue weighted by molar-refractivity contribution is 5.98. The van der Waals surface area contributed by atoms with Gasteiger partial charge in [0.05, 0.1) is 13.7 Å². The predicted octanol–water partition coefficient (Wildman–Crippen LogP) is 0.805. The van der Waals surface area contributed by atoms with Gasteiger partial charge in [-0.2, -0.15) is 0 Å². The normalized spacial score (nSPS) is 10.5. The molecule has 0 atom stereocenters. The molecule has 0 fully saturated rings. The van der Waals surface area contributed by atoms with E-state index in [0.29, 0.717) is 0 Å². The SMILES string of the molecule is CCOC(=O)OC(=O)/C=C(\C)C(=O)OC. The maximum atomic E-state index is 11.0. The summed E-state index contributed by atoms with van der Waals surface area (Å²) in [5.74, 6) is -1.65. The fourth-order valence-electron chi connectivity index (χ4n) is 0.656. The maximum absolute atomic E-state index is 11.0. The standard InChI is InChI=1S/C9H12O6/c1-4-14-9(12)15-7(10)5-6(2)8(11)13-3/h5H,4H2,1-3H3/b6-5+. The lowest BCUT2D eigenvalue weighted by atomic mass is 10.3. The Kier molecular flexibility index (Phi) is 5.77. The van der Waals surface area contributed by atoms with Crippen LogP contribution in [0.1, 0.15) is 13.8 Å². The fourth-order valence-corrected chi connectivity index (χ4v) is 0.656. The number of hydrogen-bond acceptors (Lipinski definition) is 6. The topological polar surface area (TPSA) is 78.9 Å². The summed E-state index contributed by atoms with van der Waals surface area (Å²) in [5.41, 5.74) is 0.0341. The smallest absolute Gasteiger partial charge is 0.466 e. The molecule has 0 heterocycles. The van der Waals surface area contributed by atoms with Gasteiger partial charge in [0, 0.05) is 11.6 Å². The molecule has 0 saturated carbocycles. The Morgan fingerprint density at radius 2 is 1.87 bits per heavy atom. The average Bonchev–Trinajstić information content (AvgIpc) is 2.16. The molecule has 0 aromatic carbocycles. The van der Waals surface area contributed by atoms with Gasteiger partial charge in [0.15, 0.2) is 0 Å². The van der Waals surface area contributed by atoms with Crippen LogP contribution in [-0.2, 0) is 23.8 Å². The first-order chi connectivity index (χ1) is 7.01. The zero-order valence-corrected chi connectivity index (χ0v) is 8.73. The van der Waals surface area contributed by atoms with Gasteiger partial charge in [-0.25, -0.2) is 14.4 Å². The summed E-state index contributed by atoms with van der Waals surface area (Å²) in [7, 11) is 1.18. The number of hydrogen-bond donors (Lipinski definition) is 0. The van der Waals surface area contributed by atoms with E-state index in [2.05, 4.69) is 14.2 Å². The van der Waals surface area contributed by atoms with Crippen LogP contribution in [0, 0.1) is 0 Å². The Balaban J connectivity index is 4.24. The first-order valence-corrected chi connectivity index (χ1v) is 4.16. The molecule has 0 aliphatic rings. The number of esters is 2. The van der Waals surface area contributed by atoms with E-state index in [1.165, 1.54) is 14.0 Å². The molecular formula is C9H12O6. The summed E-state index contributed by atoms with van der Waals surface area (Å²) in [6.45, 7) is 3.03. The van der Waals surface area contributed by atoms with E-state index in [1.807, 2.05) is 0 Å². The van der Waals surface area contributed by atoms with E-state index in [0.717, 1.165) is 6.08 Å². The van der Waals surface area contributed by atoms with E-state index >= 15 is 0 Å². The third-order valence-electron chi connectivity index (χ3n) is 1.29. The largest absolute Gasteiger partial charge is 0.516 e. The average molecular weight is 216 g/mol. The second-order valence-corrected chi connectivity index (χ2v) is 2.42. The summed E-state index contributed by atoms with van der Waals surface area (Å²) in [5, 5.41) is 0. The van der Waals surface area contributed by atoms with Gasteiger partial charge >= 0.3 is 18.1 Å². The molecule has 6 nitrogen and oxygen atoms in total. The number of methoxy groups -OCH3 is 1. The lowest BCUT2D eigenvalue weighted by Crippen LogP contribution is -2.13. The minimum Gasteiger partial charge on any atom is -0.466 e. The number of ether oxygens (including phenoxy) is 3. The molecule has 0 aromatic heterocycles. The maximum Gasteiger partial charge on any atom is 0.516 e. The predicted molar refractivity (Wildman–Crippen MR) is 48.9 cm³/mol. The van der Waals surface area contributed by atoms with Crippen molar-refractivity contribution in [1.29, 1.82) is 0 Å². The first-order valence-electron chi connectivity index (χ1n) is 4.16. The van der Waals surface area contributed by atoms with Crippen LogP contribution in [0.3, 0.4) is 0 Å². The molecule has 0 amide bonds. The Labute approximate surface area is 86.8 Å². The molecule has 0 bridgehead atoms. The highest BCUT2D eigenvalue weighted by Gasteiger charge is 2.11. The molecule has 0 aromatic rings. The van der Waals surface area contributed by atoms with Gasteiger partial charge in [-0.15, -0.1) is 0 Å². The van der Waals surface area contributed by atoms with Crippen molar-refractivity contribution in [3.8, 4) is 0 Å². The first kappa shape index (κ1) is 13.2. The molecule has 0 saturated heterocycles. The van der Waals surface area contributed by atoms with Crippen molar-refractivity contribution >= 4 is 18.1 Å². The van der Waals surface area contributed by atoms with Gasteiger partial charge in [0.25, 0.3) is 0 Å². The summed E-state index contributed by atoms with van der Waals surface area (Å²) in [4.78, 5) is 32.5. The minimum atomic E-state index is -1.10. The van der Waals surface area contributed by atoms with Crippen molar-refractivity contribution in [2.75, 3.05) is 13.7 Å². The van der Waals surface area contributed by atoms with Crippen molar-refractivity contribution in [2.45, 2.75) is 13.8 Å². The Bertz CT molecular complexity index is 291. The monoisotopic (exact) mass is 216 g/mol. The Hall–Kier alpha value is -1.85.